The Kier molecular flexibility index (Phi) is 8.35. The average molecular weight is 246 g/mol. The lowest BCUT2D eigenvalue weighted by atomic mass is 10.2. The molecule has 2 atom stereocenters. The second-order valence-corrected chi connectivity index (χ2v) is 3.93. The minimum absolute atomic E-state index is 0.131. The van der Waals surface area contributed by atoms with Crippen LogP contribution >= 0.6 is 0 Å². The van der Waals surface area contributed by atoms with Gasteiger partial charge >= 0.3 is 5.97 Å². The molecule has 0 aromatic heterocycles. The molecular weight excluding hydrogens is 224 g/mol. The molecule has 2 unspecified atom stereocenters. The second kappa shape index (κ2) is 8.95. The molecule has 1 amide bonds. The Morgan fingerprint density at radius 3 is 2.53 bits per heavy atom. The normalized spacial score (nSPS) is 14.1. The average Bonchev–Trinajstić information content (AvgIpc) is 2.30. The Morgan fingerprint density at radius 1 is 1.41 bits per heavy atom. The van der Waals surface area contributed by atoms with Crippen LogP contribution in [0.25, 0.3) is 0 Å². The van der Waals surface area contributed by atoms with Gasteiger partial charge in [0.05, 0.1) is 6.54 Å². The first kappa shape index (κ1) is 15.9. The van der Waals surface area contributed by atoms with Crippen LogP contribution < -0.4 is 10.6 Å². The summed E-state index contributed by atoms with van der Waals surface area (Å²) in [6.07, 6.45) is 1.18. The van der Waals surface area contributed by atoms with Crippen LogP contribution in [0.4, 0.5) is 0 Å². The number of ether oxygens (including phenoxy) is 1. The minimum Gasteiger partial charge on any atom is -0.480 e. The first-order valence-corrected chi connectivity index (χ1v) is 5.75. The van der Waals surface area contributed by atoms with E-state index in [4.69, 9.17) is 9.84 Å². The first-order valence-electron chi connectivity index (χ1n) is 5.75. The van der Waals surface area contributed by atoms with Crippen molar-refractivity contribution >= 4 is 11.9 Å². The van der Waals surface area contributed by atoms with Crippen LogP contribution in [0.15, 0.2) is 0 Å². The minimum atomic E-state index is -1.04. The number of carboxylic acids is 1. The lowest BCUT2D eigenvalue weighted by Gasteiger charge is -2.15. The number of rotatable bonds is 9. The second-order valence-electron chi connectivity index (χ2n) is 3.93. The first-order chi connectivity index (χ1) is 8.01. The van der Waals surface area contributed by atoms with E-state index in [9.17, 15) is 9.59 Å². The van der Waals surface area contributed by atoms with Gasteiger partial charge in [-0.2, -0.15) is 0 Å². The number of methoxy groups -OCH3 is 1. The van der Waals surface area contributed by atoms with Gasteiger partial charge in [0.15, 0.2) is 0 Å². The summed E-state index contributed by atoms with van der Waals surface area (Å²) < 4.78 is 4.79. The standard InChI is InChI=1S/C11H22N2O4/c1-4-8(2)12-7-10(14)13-9(11(15)16)5-6-17-3/h8-9,12H,4-7H2,1-3H3,(H,13,14)(H,15,16). The van der Waals surface area contributed by atoms with E-state index in [0.717, 1.165) is 6.42 Å². The lowest BCUT2D eigenvalue weighted by molar-refractivity contribution is -0.142. The Bertz CT molecular complexity index is 246. The largest absolute Gasteiger partial charge is 0.480 e. The highest BCUT2D eigenvalue weighted by atomic mass is 16.5. The van der Waals surface area contributed by atoms with Gasteiger partial charge in [-0.3, -0.25) is 4.79 Å². The molecule has 0 aliphatic heterocycles. The zero-order chi connectivity index (χ0) is 13.3. The molecule has 6 heteroatoms. The van der Waals surface area contributed by atoms with Gasteiger partial charge in [0.2, 0.25) is 5.91 Å². The fraction of sp³-hybridized carbons (Fsp3) is 0.818. The van der Waals surface area contributed by atoms with Crippen LogP contribution in [0.1, 0.15) is 26.7 Å². The number of amides is 1. The van der Waals surface area contributed by atoms with Crippen molar-refractivity contribution in [2.45, 2.75) is 38.8 Å². The molecule has 6 nitrogen and oxygen atoms in total. The van der Waals surface area contributed by atoms with Crippen molar-refractivity contribution in [3.8, 4) is 0 Å². The summed E-state index contributed by atoms with van der Waals surface area (Å²) in [5.41, 5.74) is 0. The molecule has 0 bridgehead atoms. The number of aliphatic carboxylic acids is 1. The van der Waals surface area contributed by atoms with Crippen molar-refractivity contribution in [2.75, 3.05) is 20.3 Å². The Hall–Kier alpha value is -1.14. The van der Waals surface area contributed by atoms with Crippen molar-refractivity contribution in [1.82, 2.24) is 10.6 Å². The molecule has 0 spiro atoms. The quantitative estimate of drug-likeness (QED) is 0.532. The summed E-state index contributed by atoms with van der Waals surface area (Å²) in [6, 6.07) is -0.649. The summed E-state index contributed by atoms with van der Waals surface area (Å²) in [6.45, 7) is 4.41. The predicted molar refractivity (Wildman–Crippen MR) is 63.8 cm³/mol. The molecule has 0 heterocycles. The molecule has 100 valence electrons. The third-order valence-corrected chi connectivity index (χ3v) is 2.47. The number of carboxylic acid groups (broad SMARTS) is 1. The predicted octanol–water partition coefficient (Wildman–Crippen LogP) is -0.0196. The van der Waals surface area contributed by atoms with Gasteiger partial charge in [-0.1, -0.05) is 6.92 Å². The van der Waals surface area contributed by atoms with Crippen LogP contribution in [0, 0.1) is 0 Å². The number of hydrogen-bond donors (Lipinski definition) is 3. The van der Waals surface area contributed by atoms with Crippen molar-refractivity contribution in [3.05, 3.63) is 0 Å². The van der Waals surface area contributed by atoms with Gasteiger partial charge in [-0.05, 0) is 13.3 Å². The van der Waals surface area contributed by atoms with E-state index in [1.165, 1.54) is 7.11 Å². The van der Waals surface area contributed by atoms with Gasteiger partial charge < -0.3 is 20.5 Å². The molecule has 0 radical (unpaired) electrons. The molecule has 0 rings (SSSR count). The Balaban J connectivity index is 3.99. The third-order valence-electron chi connectivity index (χ3n) is 2.47. The van der Waals surface area contributed by atoms with Crippen molar-refractivity contribution in [3.63, 3.8) is 0 Å². The number of carbonyl (C=O) groups excluding carboxylic acids is 1. The molecule has 0 saturated heterocycles. The van der Waals surface area contributed by atoms with Crippen molar-refractivity contribution < 1.29 is 19.4 Å². The van der Waals surface area contributed by atoms with Crippen LogP contribution in [-0.4, -0.2) is 49.3 Å². The highest BCUT2D eigenvalue weighted by molar-refractivity contribution is 5.84. The Morgan fingerprint density at radius 2 is 2.06 bits per heavy atom. The topological polar surface area (TPSA) is 87.7 Å². The molecule has 0 aliphatic carbocycles. The number of nitrogens with one attached hydrogen (secondary N) is 2. The summed E-state index contributed by atoms with van der Waals surface area (Å²) in [4.78, 5) is 22.3. The smallest absolute Gasteiger partial charge is 0.326 e. The van der Waals surface area contributed by atoms with Crippen molar-refractivity contribution in [1.29, 1.82) is 0 Å². The molecule has 0 fully saturated rings. The van der Waals surface area contributed by atoms with Crippen LogP contribution in [-0.2, 0) is 14.3 Å². The van der Waals surface area contributed by atoms with E-state index in [-0.39, 0.29) is 24.9 Å². The van der Waals surface area contributed by atoms with E-state index in [2.05, 4.69) is 10.6 Å². The molecule has 0 aromatic rings. The van der Waals surface area contributed by atoms with E-state index in [0.29, 0.717) is 6.61 Å². The number of hydrogen-bond acceptors (Lipinski definition) is 4. The fourth-order valence-electron chi connectivity index (χ4n) is 1.15. The van der Waals surface area contributed by atoms with E-state index in [1.807, 2.05) is 13.8 Å². The SMILES string of the molecule is CCC(C)NCC(=O)NC(CCOC)C(=O)O. The van der Waals surface area contributed by atoms with Crippen molar-refractivity contribution in [2.24, 2.45) is 0 Å². The summed E-state index contributed by atoms with van der Waals surface area (Å²) >= 11 is 0. The van der Waals surface area contributed by atoms with E-state index < -0.39 is 12.0 Å². The van der Waals surface area contributed by atoms with Gasteiger partial charge in [0, 0.05) is 26.2 Å². The van der Waals surface area contributed by atoms with Crippen LogP contribution in [0.5, 0.6) is 0 Å². The molecule has 0 aromatic carbocycles. The number of carbonyl (C=O) groups is 2. The highest BCUT2D eigenvalue weighted by Crippen LogP contribution is 1.93. The Labute approximate surface area is 102 Å². The molecule has 17 heavy (non-hydrogen) atoms. The van der Waals surface area contributed by atoms with Gasteiger partial charge in [0.1, 0.15) is 6.04 Å². The van der Waals surface area contributed by atoms with E-state index in [1.54, 1.807) is 0 Å². The molecule has 0 saturated carbocycles. The monoisotopic (exact) mass is 246 g/mol. The summed E-state index contributed by atoms with van der Waals surface area (Å²) in [5, 5.41) is 14.3. The van der Waals surface area contributed by atoms with Gasteiger partial charge in [-0.25, -0.2) is 4.79 Å². The summed E-state index contributed by atoms with van der Waals surface area (Å²) in [5.74, 6) is -1.35. The zero-order valence-corrected chi connectivity index (χ0v) is 10.7. The molecule has 0 aliphatic rings. The van der Waals surface area contributed by atoms with Crippen LogP contribution in [0.3, 0.4) is 0 Å². The highest BCUT2D eigenvalue weighted by Gasteiger charge is 2.19. The molecular formula is C11H22N2O4. The van der Waals surface area contributed by atoms with Gasteiger partial charge in [0.25, 0.3) is 0 Å². The van der Waals surface area contributed by atoms with Crippen LogP contribution in [0.2, 0.25) is 0 Å². The maximum absolute atomic E-state index is 11.5. The zero-order valence-electron chi connectivity index (χ0n) is 10.7. The molecule has 3 N–H and O–H groups in total. The third kappa shape index (κ3) is 7.70. The fourth-order valence-corrected chi connectivity index (χ4v) is 1.15. The maximum Gasteiger partial charge on any atom is 0.326 e. The maximum atomic E-state index is 11.5. The van der Waals surface area contributed by atoms with Gasteiger partial charge in [-0.15, -0.1) is 0 Å². The van der Waals surface area contributed by atoms with E-state index >= 15 is 0 Å². The lowest BCUT2D eigenvalue weighted by Crippen LogP contribution is -2.46. The summed E-state index contributed by atoms with van der Waals surface area (Å²) in [7, 11) is 1.49.